The largest absolute Gasteiger partial charge is 0.365 e. The number of carbonyl (C=O) groups is 1. The van der Waals surface area contributed by atoms with Crippen molar-refractivity contribution in [3.63, 3.8) is 0 Å². The van der Waals surface area contributed by atoms with E-state index < -0.39 is 5.91 Å². The number of aromatic nitrogens is 1. The number of rotatable bonds is 4. The smallest absolute Gasteiger partial charge is 0.252 e. The molecule has 6 heteroatoms. The Morgan fingerprint density at radius 2 is 1.82 bits per heavy atom. The third-order valence-electron chi connectivity index (χ3n) is 6.29. The van der Waals surface area contributed by atoms with Gasteiger partial charge in [-0.2, -0.15) is 0 Å². The van der Waals surface area contributed by atoms with E-state index in [0.29, 0.717) is 34.5 Å². The summed E-state index contributed by atoms with van der Waals surface area (Å²) in [5.74, 6) is -0.188. The van der Waals surface area contributed by atoms with Gasteiger partial charge in [0.2, 0.25) is 0 Å². The number of nitrogens with one attached hydrogen (secondary N) is 1. The van der Waals surface area contributed by atoms with Gasteiger partial charge in [0, 0.05) is 36.1 Å². The second-order valence-corrected chi connectivity index (χ2v) is 8.23. The van der Waals surface area contributed by atoms with Crippen LogP contribution in [0.3, 0.4) is 0 Å². The van der Waals surface area contributed by atoms with Crippen molar-refractivity contribution < 1.29 is 9.18 Å². The zero-order valence-electron chi connectivity index (χ0n) is 16.5. The number of piperidine rings is 1. The molecule has 0 bridgehead atoms. The molecule has 1 amide bonds. The van der Waals surface area contributed by atoms with Crippen LogP contribution in [0.5, 0.6) is 0 Å². The molecular weight excluding hydrogens is 355 g/mol. The highest BCUT2D eigenvalue weighted by atomic mass is 19.1. The van der Waals surface area contributed by atoms with E-state index in [4.69, 9.17) is 5.73 Å². The van der Waals surface area contributed by atoms with Crippen LogP contribution in [0.1, 0.15) is 60.9 Å². The molecule has 28 heavy (non-hydrogen) atoms. The predicted octanol–water partition coefficient (Wildman–Crippen LogP) is 3.67. The molecule has 1 aliphatic heterocycles. The van der Waals surface area contributed by atoms with Gasteiger partial charge in [0.1, 0.15) is 11.6 Å². The van der Waals surface area contributed by atoms with Gasteiger partial charge in [-0.3, -0.25) is 4.79 Å². The van der Waals surface area contributed by atoms with E-state index in [-0.39, 0.29) is 5.82 Å². The lowest BCUT2D eigenvalue weighted by Gasteiger charge is -2.36. The first-order valence-corrected chi connectivity index (χ1v) is 10.4. The van der Waals surface area contributed by atoms with Crippen molar-refractivity contribution in [3.05, 3.63) is 35.1 Å². The van der Waals surface area contributed by atoms with Gasteiger partial charge in [0.15, 0.2) is 0 Å². The van der Waals surface area contributed by atoms with Gasteiger partial charge in [-0.05, 0) is 50.8 Å². The molecule has 0 unspecified atom stereocenters. The Labute approximate surface area is 165 Å². The van der Waals surface area contributed by atoms with E-state index in [1.54, 1.807) is 19.1 Å². The highest BCUT2D eigenvalue weighted by molar-refractivity contribution is 6.02. The minimum absolute atomic E-state index is 0.284. The van der Waals surface area contributed by atoms with Crippen LogP contribution in [0.25, 0.3) is 10.9 Å². The number of fused-ring (bicyclic) bond motifs is 1. The summed E-state index contributed by atoms with van der Waals surface area (Å²) in [6, 6.07) is 5.97. The summed E-state index contributed by atoms with van der Waals surface area (Å²) < 4.78 is 14.0. The summed E-state index contributed by atoms with van der Waals surface area (Å²) in [5, 5.41) is 4.57. The minimum Gasteiger partial charge on any atom is -0.365 e. The fourth-order valence-electron chi connectivity index (χ4n) is 4.63. The van der Waals surface area contributed by atoms with Crippen LogP contribution < -0.4 is 16.0 Å². The molecule has 0 atom stereocenters. The number of anilines is 1. The molecule has 150 valence electrons. The maximum atomic E-state index is 14.0. The van der Waals surface area contributed by atoms with Gasteiger partial charge >= 0.3 is 0 Å². The van der Waals surface area contributed by atoms with Crippen LogP contribution in [-0.4, -0.2) is 36.1 Å². The molecule has 4 rings (SSSR count). The summed E-state index contributed by atoms with van der Waals surface area (Å²) in [6.45, 7) is 3.35. The predicted molar refractivity (Wildman–Crippen MR) is 110 cm³/mol. The van der Waals surface area contributed by atoms with Crippen molar-refractivity contribution >= 4 is 22.6 Å². The number of pyridine rings is 1. The van der Waals surface area contributed by atoms with Crippen LogP contribution >= 0.6 is 0 Å². The van der Waals surface area contributed by atoms with Crippen LogP contribution in [0.2, 0.25) is 0 Å². The van der Waals surface area contributed by atoms with Crippen molar-refractivity contribution in [2.45, 2.75) is 64.0 Å². The zero-order valence-corrected chi connectivity index (χ0v) is 16.5. The first kappa shape index (κ1) is 19.1. The Bertz CT molecular complexity index is 870. The lowest BCUT2D eigenvalue weighted by Crippen LogP contribution is -2.47. The summed E-state index contributed by atoms with van der Waals surface area (Å²) in [7, 11) is 0. The SMILES string of the molecule is Cc1c(F)ccc2cc(C(N)=O)c(N3CCC(NC4CCCCC4)CC3)nc12. The van der Waals surface area contributed by atoms with E-state index in [2.05, 4.69) is 15.2 Å². The topological polar surface area (TPSA) is 71.2 Å². The highest BCUT2D eigenvalue weighted by Gasteiger charge is 2.26. The lowest BCUT2D eigenvalue weighted by molar-refractivity contribution is 0.100. The number of aryl methyl sites for hydroxylation is 1. The standard InChI is InChI=1S/C22H29FN4O/c1-14-19(23)8-7-15-13-18(21(24)28)22(26-20(14)15)27-11-9-17(10-12-27)25-16-5-3-2-4-6-16/h7-8,13,16-17,25H,2-6,9-12H2,1H3,(H2,24,28). The second-order valence-electron chi connectivity index (χ2n) is 8.23. The molecule has 1 aromatic carbocycles. The Kier molecular flexibility index (Phi) is 5.49. The monoisotopic (exact) mass is 384 g/mol. The zero-order chi connectivity index (χ0) is 19.7. The fraction of sp³-hybridized carbons (Fsp3) is 0.545. The summed E-state index contributed by atoms with van der Waals surface area (Å²) in [6.07, 6.45) is 8.60. The summed E-state index contributed by atoms with van der Waals surface area (Å²) in [4.78, 5) is 18.9. The van der Waals surface area contributed by atoms with Gasteiger partial charge in [-0.1, -0.05) is 19.3 Å². The van der Waals surface area contributed by atoms with Gasteiger partial charge in [-0.15, -0.1) is 0 Å². The first-order valence-electron chi connectivity index (χ1n) is 10.4. The number of hydrogen-bond acceptors (Lipinski definition) is 4. The molecule has 0 radical (unpaired) electrons. The highest BCUT2D eigenvalue weighted by Crippen LogP contribution is 2.29. The molecule has 1 aromatic heterocycles. The molecule has 3 N–H and O–H groups in total. The van der Waals surface area contributed by atoms with E-state index in [0.717, 1.165) is 31.3 Å². The summed E-state index contributed by atoms with van der Waals surface area (Å²) >= 11 is 0. The Hall–Kier alpha value is -2.21. The van der Waals surface area contributed by atoms with Crippen molar-refractivity contribution in [1.82, 2.24) is 10.3 Å². The molecule has 2 heterocycles. The van der Waals surface area contributed by atoms with Crippen molar-refractivity contribution in [3.8, 4) is 0 Å². The van der Waals surface area contributed by atoms with Gasteiger partial charge in [0.05, 0.1) is 11.1 Å². The van der Waals surface area contributed by atoms with E-state index >= 15 is 0 Å². The van der Waals surface area contributed by atoms with E-state index in [1.165, 1.54) is 38.2 Å². The van der Waals surface area contributed by atoms with Crippen molar-refractivity contribution in [2.24, 2.45) is 5.73 Å². The molecule has 0 spiro atoms. The third-order valence-corrected chi connectivity index (χ3v) is 6.29. The minimum atomic E-state index is -0.492. The number of halogens is 1. The van der Waals surface area contributed by atoms with Gasteiger partial charge in [0.25, 0.3) is 5.91 Å². The molecule has 2 aromatic rings. The van der Waals surface area contributed by atoms with Gasteiger partial charge < -0.3 is 16.0 Å². The van der Waals surface area contributed by atoms with E-state index in [1.807, 2.05) is 0 Å². The molecule has 5 nitrogen and oxygen atoms in total. The average Bonchev–Trinajstić information content (AvgIpc) is 2.71. The van der Waals surface area contributed by atoms with Crippen molar-refractivity contribution in [2.75, 3.05) is 18.0 Å². The number of hydrogen-bond donors (Lipinski definition) is 2. The number of amides is 1. The number of carbonyl (C=O) groups excluding carboxylic acids is 1. The van der Waals surface area contributed by atoms with Crippen LogP contribution in [0, 0.1) is 12.7 Å². The van der Waals surface area contributed by atoms with Crippen LogP contribution in [-0.2, 0) is 0 Å². The Morgan fingerprint density at radius 3 is 2.50 bits per heavy atom. The number of nitrogens with two attached hydrogens (primary N) is 1. The summed E-state index contributed by atoms with van der Waals surface area (Å²) in [5.41, 5.74) is 7.16. The molecule has 2 fully saturated rings. The lowest BCUT2D eigenvalue weighted by atomic mass is 9.93. The maximum absolute atomic E-state index is 14.0. The van der Waals surface area contributed by atoms with Crippen LogP contribution in [0.15, 0.2) is 18.2 Å². The number of nitrogens with zero attached hydrogens (tertiary/aromatic N) is 2. The molecule has 1 saturated carbocycles. The normalized spacial score (nSPS) is 19.3. The fourth-order valence-corrected chi connectivity index (χ4v) is 4.63. The third kappa shape index (κ3) is 3.83. The molecule has 2 aliphatic rings. The number of benzene rings is 1. The number of primary amides is 1. The van der Waals surface area contributed by atoms with Crippen LogP contribution in [0.4, 0.5) is 10.2 Å². The Balaban J connectivity index is 1.54. The second kappa shape index (κ2) is 8.03. The maximum Gasteiger partial charge on any atom is 0.252 e. The Morgan fingerprint density at radius 1 is 1.14 bits per heavy atom. The average molecular weight is 384 g/mol. The van der Waals surface area contributed by atoms with E-state index in [9.17, 15) is 9.18 Å². The molecule has 1 saturated heterocycles. The van der Waals surface area contributed by atoms with Gasteiger partial charge in [-0.25, -0.2) is 9.37 Å². The molecule has 1 aliphatic carbocycles. The van der Waals surface area contributed by atoms with Crippen molar-refractivity contribution in [1.29, 1.82) is 0 Å². The molecular formula is C22H29FN4O. The first-order chi connectivity index (χ1) is 13.5. The quantitative estimate of drug-likeness (QED) is 0.844.